The zero-order chi connectivity index (χ0) is 13.3. The Balaban J connectivity index is 1.54. The van der Waals surface area contributed by atoms with E-state index >= 15 is 0 Å². The normalized spacial score (nSPS) is 30.8. The summed E-state index contributed by atoms with van der Waals surface area (Å²) in [6, 6.07) is 0. The summed E-state index contributed by atoms with van der Waals surface area (Å²) in [6.45, 7) is 4.11. The Bertz CT molecular complexity index is 316. The highest BCUT2D eigenvalue weighted by Crippen LogP contribution is 2.48. The third-order valence-electron chi connectivity index (χ3n) is 5.31. The quantitative estimate of drug-likeness (QED) is 0.741. The van der Waals surface area contributed by atoms with Crippen molar-refractivity contribution in [2.24, 2.45) is 17.8 Å². The second kappa shape index (κ2) is 5.43. The minimum Gasteiger partial charge on any atom is -0.354 e. The first-order valence-corrected chi connectivity index (χ1v) is 8.28. The van der Waals surface area contributed by atoms with Crippen molar-refractivity contribution in [1.82, 2.24) is 10.6 Å². The van der Waals surface area contributed by atoms with Crippen LogP contribution in [-0.4, -0.2) is 24.5 Å². The molecule has 0 bridgehead atoms. The summed E-state index contributed by atoms with van der Waals surface area (Å²) >= 11 is 0. The molecule has 2 aliphatic carbocycles. The molecule has 3 fully saturated rings. The van der Waals surface area contributed by atoms with Crippen LogP contribution < -0.4 is 10.6 Å². The van der Waals surface area contributed by atoms with Crippen LogP contribution in [0.2, 0.25) is 0 Å². The molecule has 1 heterocycles. The van der Waals surface area contributed by atoms with E-state index in [-0.39, 0.29) is 11.4 Å². The molecule has 2 saturated carbocycles. The van der Waals surface area contributed by atoms with E-state index in [9.17, 15) is 4.79 Å². The highest BCUT2D eigenvalue weighted by atomic mass is 16.2. The van der Waals surface area contributed by atoms with Gasteiger partial charge in [-0.25, -0.2) is 0 Å². The van der Waals surface area contributed by atoms with Crippen molar-refractivity contribution in [2.75, 3.05) is 13.1 Å². The van der Waals surface area contributed by atoms with Crippen molar-refractivity contribution in [2.45, 2.75) is 63.8 Å². The van der Waals surface area contributed by atoms with E-state index in [1.54, 1.807) is 0 Å². The number of hydrogen-bond acceptors (Lipinski definition) is 2. The SMILES string of the molecule is CCCC1(C(=O)NCC(C2CC2)C2CC2)CCCN1. The minimum absolute atomic E-state index is 0.244. The average Bonchev–Trinajstić information content (AvgIpc) is 3.32. The van der Waals surface area contributed by atoms with Crippen LogP contribution in [0.1, 0.15) is 58.3 Å². The van der Waals surface area contributed by atoms with Gasteiger partial charge in [-0.3, -0.25) is 4.79 Å². The van der Waals surface area contributed by atoms with E-state index in [0.717, 1.165) is 56.5 Å². The second-order valence-corrected chi connectivity index (χ2v) is 6.91. The van der Waals surface area contributed by atoms with Gasteiger partial charge in [0, 0.05) is 6.54 Å². The molecular formula is C16H28N2O. The Morgan fingerprint density at radius 3 is 2.47 bits per heavy atom. The van der Waals surface area contributed by atoms with E-state index in [2.05, 4.69) is 17.6 Å². The maximum Gasteiger partial charge on any atom is 0.240 e. The van der Waals surface area contributed by atoms with Crippen LogP contribution in [-0.2, 0) is 4.79 Å². The van der Waals surface area contributed by atoms with Gasteiger partial charge in [0.2, 0.25) is 5.91 Å². The Labute approximate surface area is 116 Å². The molecule has 0 aromatic carbocycles. The van der Waals surface area contributed by atoms with E-state index in [1.807, 2.05) is 0 Å². The van der Waals surface area contributed by atoms with E-state index < -0.39 is 0 Å². The van der Waals surface area contributed by atoms with Crippen molar-refractivity contribution in [1.29, 1.82) is 0 Å². The third kappa shape index (κ3) is 2.96. The summed E-state index contributed by atoms with van der Waals surface area (Å²) in [5.41, 5.74) is -0.244. The van der Waals surface area contributed by atoms with Crippen LogP contribution in [0.25, 0.3) is 0 Å². The Morgan fingerprint density at radius 2 is 2.00 bits per heavy atom. The Hall–Kier alpha value is -0.570. The van der Waals surface area contributed by atoms with Gasteiger partial charge in [-0.1, -0.05) is 13.3 Å². The van der Waals surface area contributed by atoms with Gasteiger partial charge in [-0.2, -0.15) is 0 Å². The van der Waals surface area contributed by atoms with E-state index in [4.69, 9.17) is 0 Å². The zero-order valence-electron chi connectivity index (χ0n) is 12.2. The van der Waals surface area contributed by atoms with Crippen LogP contribution in [0.5, 0.6) is 0 Å². The number of rotatable bonds is 7. The van der Waals surface area contributed by atoms with Gasteiger partial charge in [0.05, 0.1) is 5.54 Å². The fraction of sp³-hybridized carbons (Fsp3) is 0.938. The summed E-state index contributed by atoms with van der Waals surface area (Å²) in [6.07, 6.45) is 9.81. The minimum atomic E-state index is -0.244. The van der Waals surface area contributed by atoms with Crippen LogP contribution in [0, 0.1) is 17.8 Å². The molecule has 1 atom stereocenters. The number of carbonyl (C=O) groups is 1. The largest absolute Gasteiger partial charge is 0.354 e. The number of carbonyl (C=O) groups excluding carboxylic acids is 1. The first-order valence-electron chi connectivity index (χ1n) is 8.28. The van der Waals surface area contributed by atoms with Gasteiger partial charge in [-0.05, 0) is 69.2 Å². The molecule has 1 amide bonds. The highest BCUT2D eigenvalue weighted by Gasteiger charge is 2.43. The van der Waals surface area contributed by atoms with Crippen molar-refractivity contribution in [3.8, 4) is 0 Å². The Morgan fingerprint density at radius 1 is 1.32 bits per heavy atom. The van der Waals surface area contributed by atoms with Crippen molar-refractivity contribution in [3.63, 3.8) is 0 Å². The van der Waals surface area contributed by atoms with Gasteiger partial charge in [-0.15, -0.1) is 0 Å². The molecule has 3 heteroatoms. The number of hydrogen-bond donors (Lipinski definition) is 2. The lowest BCUT2D eigenvalue weighted by atomic mass is 9.90. The summed E-state index contributed by atoms with van der Waals surface area (Å²) in [5.74, 6) is 2.90. The predicted molar refractivity (Wildman–Crippen MR) is 76.8 cm³/mol. The van der Waals surface area contributed by atoms with Gasteiger partial charge in [0.15, 0.2) is 0 Å². The number of amides is 1. The predicted octanol–water partition coefficient (Wildman–Crippen LogP) is 2.46. The topological polar surface area (TPSA) is 41.1 Å². The molecule has 0 radical (unpaired) electrons. The number of nitrogens with one attached hydrogen (secondary N) is 2. The van der Waals surface area contributed by atoms with Gasteiger partial charge >= 0.3 is 0 Å². The molecule has 0 spiro atoms. The summed E-state index contributed by atoms with van der Waals surface area (Å²) < 4.78 is 0. The first-order chi connectivity index (χ1) is 9.25. The van der Waals surface area contributed by atoms with Gasteiger partial charge in [0.1, 0.15) is 0 Å². The highest BCUT2D eigenvalue weighted by molar-refractivity contribution is 5.86. The third-order valence-corrected chi connectivity index (χ3v) is 5.31. The molecule has 19 heavy (non-hydrogen) atoms. The molecule has 3 nitrogen and oxygen atoms in total. The lowest BCUT2D eigenvalue weighted by molar-refractivity contribution is -0.127. The van der Waals surface area contributed by atoms with Gasteiger partial charge < -0.3 is 10.6 Å². The molecule has 0 aromatic heterocycles. The van der Waals surface area contributed by atoms with Crippen LogP contribution >= 0.6 is 0 Å². The lowest BCUT2D eigenvalue weighted by Crippen LogP contribution is -2.54. The monoisotopic (exact) mass is 264 g/mol. The van der Waals surface area contributed by atoms with E-state index in [0.29, 0.717) is 0 Å². The van der Waals surface area contributed by atoms with Crippen LogP contribution in [0.3, 0.4) is 0 Å². The molecule has 1 aliphatic heterocycles. The summed E-state index contributed by atoms with van der Waals surface area (Å²) in [4.78, 5) is 12.6. The molecular weight excluding hydrogens is 236 g/mol. The lowest BCUT2D eigenvalue weighted by Gasteiger charge is -2.29. The van der Waals surface area contributed by atoms with Crippen LogP contribution in [0.15, 0.2) is 0 Å². The van der Waals surface area contributed by atoms with Crippen molar-refractivity contribution >= 4 is 5.91 Å². The molecule has 1 saturated heterocycles. The van der Waals surface area contributed by atoms with Crippen LogP contribution in [0.4, 0.5) is 0 Å². The molecule has 108 valence electrons. The molecule has 3 rings (SSSR count). The smallest absolute Gasteiger partial charge is 0.240 e. The Kier molecular flexibility index (Phi) is 3.84. The molecule has 0 aromatic rings. The van der Waals surface area contributed by atoms with Crippen molar-refractivity contribution < 1.29 is 4.79 Å². The fourth-order valence-electron chi connectivity index (χ4n) is 3.90. The zero-order valence-corrected chi connectivity index (χ0v) is 12.2. The summed E-state index contributed by atoms with van der Waals surface area (Å²) in [5, 5.41) is 6.76. The van der Waals surface area contributed by atoms with Gasteiger partial charge in [0.25, 0.3) is 0 Å². The first kappa shape index (κ1) is 13.4. The molecule has 2 N–H and O–H groups in total. The average molecular weight is 264 g/mol. The second-order valence-electron chi connectivity index (χ2n) is 6.91. The molecule has 1 unspecified atom stereocenters. The standard InChI is InChI=1S/C16H28N2O/c1-2-8-16(9-3-10-18-16)15(19)17-11-14(12-4-5-12)13-6-7-13/h12-14,18H,2-11H2,1H3,(H,17,19). The maximum absolute atomic E-state index is 12.6. The molecule has 3 aliphatic rings. The fourth-order valence-corrected chi connectivity index (χ4v) is 3.90. The van der Waals surface area contributed by atoms with E-state index in [1.165, 1.54) is 25.7 Å². The maximum atomic E-state index is 12.6. The van der Waals surface area contributed by atoms with Crippen molar-refractivity contribution in [3.05, 3.63) is 0 Å². The summed E-state index contributed by atoms with van der Waals surface area (Å²) in [7, 11) is 0.